The zero-order valence-corrected chi connectivity index (χ0v) is 11.1. The summed E-state index contributed by atoms with van der Waals surface area (Å²) in [5, 5.41) is 0. The molecular formula is C14H18ClNO. The predicted octanol–water partition coefficient (Wildman–Crippen LogP) is 3.03. The molecule has 0 N–H and O–H groups in total. The molecule has 3 heteroatoms. The van der Waals surface area contributed by atoms with Gasteiger partial charge in [-0.2, -0.15) is 0 Å². The van der Waals surface area contributed by atoms with Gasteiger partial charge < -0.3 is 4.90 Å². The van der Waals surface area contributed by atoms with E-state index in [4.69, 9.17) is 11.6 Å². The lowest BCUT2D eigenvalue weighted by Crippen LogP contribution is -2.33. The Balaban J connectivity index is 2.11. The van der Waals surface area contributed by atoms with Gasteiger partial charge in [0.1, 0.15) is 5.88 Å². The van der Waals surface area contributed by atoms with E-state index in [1.54, 1.807) is 0 Å². The number of benzene rings is 1. The fourth-order valence-corrected chi connectivity index (χ4v) is 2.14. The third-order valence-electron chi connectivity index (χ3n) is 3.35. The summed E-state index contributed by atoms with van der Waals surface area (Å²) in [6, 6.07) is 6.79. The minimum atomic E-state index is 0.0485. The number of alkyl halides is 1. The fourth-order valence-electron chi connectivity index (χ4n) is 1.98. The molecular weight excluding hydrogens is 234 g/mol. The van der Waals surface area contributed by atoms with Gasteiger partial charge in [-0.05, 0) is 43.4 Å². The smallest absolute Gasteiger partial charge is 0.238 e. The number of amides is 1. The van der Waals surface area contributed by atoms with Crippen LogP contribution in [0.2, 0.25) is 0 Å². The molecule has 2 nitrogen and oxygen atoms in total. The standard InChI is InChI=1S/C14H18ClNO/c1-10-3-4-12(7-11(10)2)9-16(13-5-6-13)14(17)8-15/h3-4,7,13H,5-6,8-9H2,1-2H3. The van der Waals surface area contributed by atoms with Gasteiger partial charge in [0.15, 0.2) is 0 Å². The van der Waals surface area contributed by atoms with Gasteiger partial charge in [0.2, 0.25) is 5.91 Å². The minimum absolute atomic E-state index is 0.0485. The van der Waals surface area contributed by atoms with Crippen LogP contribution in [0.15, 0.2) is 18.2 Å². The highest BCUT2D eigenvalue weighted by Gasteiger charge is 2.31. The Bertz CT molecular complexity index is 426. The van der Waals surface area contributed by atoms with Crippen molar-refractivity contribution in [3.63, 3.8) is 0 Å². The summed E-state index contributed by atoms with van der Waals surface area (Å²) in [7, 11) is 0. The van der Waals surface area contributed by atoms with Crippen molar-refractivity contribution in [2.24, 2.45) is 0 Å². The third kappa shape index (κ3) is 3.01. The predicted molar refractivity (Wildman–Crippen MR) is 70.2 cm³/mol. The van der Waals surface area contributed by atoms with Crippen LogP contribution in [0.5, 0.6) is 0 Å². The summed E-state index contributed by atoms with van der Waals surface area (Å²) >= 11 is 5.65. The van der Waals surface area contributed by atoms with Crippen LogP contribution >= 0.6 is 11.6 Å². The van der Waals surface area contributed by atoms with Crippen molar-refractivity contribution in [3.8, 4) is 0 Å². The van der Waals surface area contributed by atoms with Crippen molar-refractivity contribution in [2.45, 2.75) is 39.3 Å². The van der Waals surface area contributed by atoms with Crippen LogP contribution in [-0.4, -0.2) is 22.7 Å². The Kier molecular flexibility index (Phi) is 3.72. The van der Waals surface area contributed by atoms with Crippen molar-refractivity contribution in [3.05, 3.63) is 34.9 Å². The molecule has 1 aliphatic rings. The molecule has 0 aromatic heterocycles. The van der Waals surface area contributed by atoms with Crippen molar-refractivity contribution in [2.75, 3.05) is 5.88 Å². The molecule has 1 fully saturated rings. The molecule has 1 amide bonds. The normalized spacial score (nSPS) is 14.8. The van der Waals surface area contributed by atoms with Gasteiger partial charge in [0.25, 0.3) is 0 Å². The van der Waals surface area contributed by atoms with E-state index in [0.717, 1.165) is 12.8 Å². The maximum atomic E-state index is 11.7. The Morgan fingerprint density at radius 1 is 1.35 bits per heavy atom. The summed E-state index contributed by atoms with van der Waals surface area (Å²) in [5.41, 5.74) is 3.76. The molecule has 0 heterocycles. The molecule has 0 bridgehead atoms. The molecule has 0 unspecified atom stereocenters. The number of aryl methyl sites for hydroxylation is 2. The quantitative estimate of drug-likeness (QED) is 0.754. The lowest BCUT2D eigenvalue weighted by Gasteiger charge is -2.22. The molecule has 0 aliphatic heterocycles. The van der Waals surface area contributed by atoms with Crippen molar-refractivity contribution < 1.29 is 4.79 Å². The molecule has 0 radical (unpaired) electrons. The maximum absolute atomic E-state index is 11.7. The first-order valence-corrected chi connectivity index (χ1v) is 6.57. The van der Waals surface area contributed by atoms with Crippen LogP contribution in [-0.2, 0) is 11.3 Å². The van der Waals surface area contributed by atoms with E-state index in [0.29, 0.717) is 12.6 Å². The number of hydrogen-bond acceptors (Lipinski definition) is 1. The van der Waals surface area contributed by atoms with Crippen molar-refractivity contribution >= 4 is 17.5 Å². The first kappa shape index (κ1) is 12.4. The lowest BCUT2D eigenvalue weighted by atomic mass is 10.1. The summed E-state index contributed by atoms with van der Waals surface area (Å²) < 4.78 is 0. The van der Waals surface area contributed by atoms with E-state index in [2.05, 4.69) is 32.0 Å². The molecule has 0 atom stereocenters. The average molecular weight is 252 g/mol. The number of hydrogen-bond donors (Lipinski definition) is 0. The van der Waals surface area contributed by atoms with Crippen LogP contribution < -0.4 is 0 Å². The van der Waals surface area contributed by atoms with E-state index >= 15 is 0 Å². The monoisotopic (exact) mass is 251 g/mol. The molecule has 0 saturated heterocycles. The average Bonchev–Trinajstić information content (AvgIpc) is 3.13. The second kappa shape index (κ2) is 5.09. The number of halogens is 1. The molecule has 92 valence electrons. The molecule has 1 aromatic rings. The van der Waals surface area contributed by atoms with Gasteiger partial charge in [0, 0.05) is 12.6 Å². The third-order valence-corrected chi connectivity index (χ3v) is 3.58. The highest BCUT2D eigenvalue weighted by atomic mass is 35.5. The summed E-state index contributed by atoms with van der Waals surface area (Å²) in [5.74, 6) is 0.133. The Labute approximate surface area is 108 Å². The van der Waals surface area contributed by atoms with Gasteiger partial charge in [-0.3, -0.25) is 4.79 Å². The molecule has 1 aliphatic carbocycles. The van der Waals surface area contributed by atoms with E-state index in [9.17, 15) is 4.79 Å². The molecule has 0 spiro atoms. The second-order valence-corrected chi connectivity index (χ2v) is 5.07. The summed E-state index contributed by atoms with van der Waals surface area (Å²) in [6.07, 6.45) is 2.24. The molecule has 1 saturated carbocycles. The van der Waals surface area contributed by atoms with E-state index in [1.807, 2.05) is 4.90 Å². The largest absolute Gasteiger partial charge is 0.334 e. The van der Waals surface area contributed by atoms with Gasteiger partial charge in [-0.15, -0.1) is 11.6 Å². The first-order valence-electron chi connectivity index (χ1n) is 6.03. The summed E-state index contributed by atoms with van der Waals surface area (Å²) in [6.45, 7) is 4.89. The van der Waals surface area contributed by atoms with Gasteiger partial charge in [0.05, 0.1) is 0 Å². The molecule has 1 aromatic carbocycles. The van der Waals surface area contributed by atoms with Gasteiger partial charge in [-0.1, -0.05) is 18.2 Å². The maximum Gasteiger partial charge on any atom is 0.238 e. The number of rotatable bonds is 4. The minimum Gasteiger partial charge on any atom is -0.334 e. The fraction of sp³-hybridized carbons (Fsp3) is 0.500. The number of nitrogens with zero attached hydrogens (tertiary/aromatic N) is 1. The van der Waals surface area contributed by atoms with Crippen molar-refractivity contribution in [1.82, 2.24) is 4.90 Å². The molecule has 17 heavy (non-hydrogen) atoms. The second-order valence-electron chi connectivity index (χ2n) is 4.81. The Morgan fingerprint density at radius 2 is 2.06 bits per heavy atom. The Hall–Kier alpha value is -1.02. The highest BCUT2D eigenvalue weighted by molar-refractivity contribution is 6.27. The lowest BCUT2D eigenvalue weighted by molar-refractivity contribution is -0.129. The highest BCUT2D eigenvalue weighted by Crippen LogP contribution is 2.28. The topological polar surface area (TPSA) is 20.3 Å². The van der Waals surface area contributed by atoms with Crippen LogP contribution in [0.3, 0.4) is 0 Å². The summed E-state index contributed by atoms with van der Waals surface area (Å²) in [4.78, 5) is 13.7. The van der Waals surface area contributed by atoms with Crippen LogP contribution in [0, 0.1) is 13.8 Å². The van der Waals surface area contributed by atoms with Crippen LogP contribution in [0.25, 0.3) is 0 Å². The zero-order valence-electron chi connectivity index (χ0n) is 10.4. The number of carbonyl (C=O) groups is 1. The van der Waals surface area contributed by atoms with E-state index in [-0.39, 0.29) is 11.8 Å². The first-order chi connectivity index (χ1) is 8.11. The Morgan fingerprint density at radius 3 is 2.59 bits per heavy atom. The van der Waals surface area contributed by atoms with Gasteiger partial charge in [-0.25, -0.2) is 0 Å². The van der Waals surface area contributed by atoms with Crippen LogP contribution in [0.4, 0.5) is 0 Å². The van der Waals surface area contributed by atoms with Gasteiger partial charge >= 0.3 is 0 Å². The molecule has 2 rings (SSSR count). The van der Waals surface area contributed by atoms with E-state index < -0.39 is 0 Å². The van der Waals surface area contributed by atoms with Crippen LogP contribution in [0.1, 0.15) is 29.5 Å². The number of carbonyl (C=O) groups excluding carboxylic acids is 1. The van der Waals surface area contributed by atoms with Crippen molar-refractivity contribution in [1.29, 1.82) is 0 Å². The SMILES string of the molecule is Cc1ccc(CN(C(=O)CCl)C2CC2)cc1C. The van der Waals surface area contributed by atoms with E-state index in [1.165, 1.54) is 16.7 Å². The zero-order chi connectivity index (χ0) is 12.4.